The fourth-order valence-electron chi connectivity index (χ4n) is 3.44. The van der Waals surface area contributed by atoms with Crippen molar-refractivity contribution in [1.82, 2.24) is 20.1 Å². The average molecular weight is 380 g/mol. The lowest BCUT2D eigenvalue weighted by Gasteiger charge is -2.25. The van der Waals surface area contributed by atoms with Crippen molar-refractivity contribution in [3.63, 3.8) is 0 Å². The summed E-state index contributed by atoms with van der Waals surface area (Å²) in [5.74, 6) is -0.0926. The number of anilines is 1. The van der Waals surface area contributed by atoms with Gasteiger partial charge in [-0.2, -0.15) is 5.10 Å². The fourth-order valence-corrected chi connectivity index (χ4v) is 3.44. The normalized spacial score (nSPS) is 11.2. The second-order valence-corrected chi connectivity index (χ2v) is 7.34. The summed E-state index contributed by atoms with van der Waals surface area (Å²) in [5, 5.41) is 8.32. The highest BCUT2D eigenvalue weighted by atomic mass is 16.1. The number of aryl methyl sites for hydroxylation is 2. The summed E-state index contributed by atoms with van der Waals surface area (Å²) in [6, 6.07) is 10.4. The number of carbonyl (C=O) groups is 1. The van der Waals surface area contributed by atoms with E-state index in [-0.39, 0.29) is 11.9 Å². The molecule has 1 aromatic carbocycles. The van der Waals surface area contributed by atoms with E-state index >= 15 is 0 Å². The zero-order valence-electron chi connectivity index (χ0n) is 17.4. The van der Waals surface area contributed by atoms with Gasteiger partial charge in [0.2, 0.25) is 0 Å². The van der Waals surface area contributed by atoms with Crippen LogP contribution in [0.1, 0.15) is 48.4 Å². The molecule has 0 unspecified atom stereocenters. The molecule has 0 saturated heterocycles. The van der Waals surface area contributed by atoms with Crippen molar-refractivity contribution in [2.75, 3.05) is 24.5 Å². The smallest absolute Gasteiger partial charge is 0.253 e. The number of fused-ring (bicyclic) bond motifs is 1. The highest BCUT2D eigenvalue weighted by Gasteiger charge is 2.15. The third-order valence-electron chi connectivity index (χ3n) is 5.00. The topological polar surface area (TPSA) is 63.1 Å². The summed E-state index contributed by atoms with van der Waals surface area (Å²) in [7, 11) is 0. The van der Waals surface area contributed by atoms with Gasteiger partial charge in [-0.05, 0) is 52.3 Å². The number of aromatic nitrogens is 3. The molecule has 0 bridgehead atoms. The van der Waals surface area contributed by atoms with Crippen molar-refractivity contribution in [3.05, 3.63) is 53.3 Å². The molecule has 0 fully saturated rings. The maximum absolute atomic E-state index is 12.7. The zero-order valence-corrected chi connectivity index (χ0v) is 17.4. The van der Waals surface area contributed by atoms with Crippen LogP contribution in [0.25, 0.3) is 11.0 Å². The van der Waals surface area contributed by atoms with Crippen LogP contribution in [0.2, 0.25) is 0 Å². The lowest BCUT2D eigenvalue weighted by molar-refractivity contribution is 0.0954. The molecule has 28 heavy (non-hydrogen) atoms. The third kappa shape index (κ3) is 4.01. The SMILES string of the molecule is CCN(CCNC(=O)c1cc2cnn(C(C)C)c2nc1C)c1ccccc1C. The van der Waals surface area contributed by atoms with E-state index in [4.69, 9.17) is 0 Å². The van der Waals surface area contributed by atoms with Crippen LogP contribution in [0.3, 0.4) is 0 Å². The number of hydrogen-bond donors (Lipinski definition) is 1. The van der Waals surface area contributed by atoms with Gasteiger partial charge >= 0.3 is 0 Å². The maximum atomic E-state index is 12.7. The van der Waals surface area contributed by atoms with Gasteiger partial charge in [-0.25, -0.2) is 9.67 Å². The quantitative estimate of drug-likeness (QED) is 0.677. The molecular weight excluding hydrogens is 350 g/mol. The van der Waals surface area contributed by atoms with Crippen LogP contribution in [0.4, 0.5) is 5.69 Å². The molecule has 2 heterocycles. The molecule has 2 aromatic heterocycles. The first-order valence-corrected chi connectivity index (χ1v) is 9.86. The number of para-hydroxylation sites is 1. The van der Waals surface area contributed by atoms with Crippen LogP contribution < -0.4 is 10.2 Å². The largest absolute Gasteiger partial charge is 0.370 e. The molecule has 0 atom stereocenters. The molecule has 0 spiro atoms. The van der Waals surface area contributed by atoms with Crippen molar-refractivity contribution in [2.45, 2.75) is 40.7 Å². The van der Waals surface area contributed by atoms with Crippen LogP contribution in [-0.4, -0.2) is 40.3 Å². The Bertz CT molecular complexity index is 976. The number of nitrogens with one attached hydrogen (secondary N) is 1. The number of benzene rings is 1. The van der Waals surface area contributed by atoms with Gasteiger partial charge in [0, 0.05) is 36.7 Å². The van der Waals surface area contributed by atoms with Gasteiger partial charge in [-0.15, -0.1) is 0 Å². The third-order valence-corrected chi connectivity index (χ3v) is 5.00. The van der Waals surface area contributed by atoms with E-state index in [1.54, 1.807) is 6.20 Å². The summed E-state index contributed by atoms with van der Waals surface area (Å²) in [4.78, 5) is 19.6. The Morgan fingerprint density at radius 2 is 2.00 bits per heavy atom. The Labute approximate surface area is 166 Å². The zero-order chi connectivity index (χ0) is 20.3. The first kappa shape index (κ1) is 19.9. The number of carbonyl (C=O) groups excluding carboxylic acids is 1. The Hall–Kier alpha value is -2.89. The monoisotopic (exact) mass is 379 g/mol. The summed E-state index contributed by atoms with van der Waals surface area (Å²) in [6.07, 6.45) is 1.77. The number of pyridine rings is 1. The Balaban J connectivity index is 1.69. The van der Waals surface area contributed by atoms with E-state index in [9.17, 15) is 4.79 Å². The van der Waals surface area contributed by atoms with Crippen molar-refractivity contribution >= 4 is 22.6 Å². The Morgan fingerprint density at radius 1 is 1.25 bits per heavy atom. The predicted octanol–water partition coefficient (Wildman–Crippen LogP) is 3.89. The van der Waals surface area contributed by atoms with Gasteiger partial charge in [0.25, 0.3) is 5.91 Å². The minimum Gasteiger partial charge on any atom is -0.370 e. The van der Waals surface area contributed by atoms with Crippen LogP contribution in [0, 0.1) is 13.8 Å². The van der Waals surface area contributed by atoms with E-state index in [2.05, 4.69) is 60.1 Å². The molecule has 1 N–H and O–H groups in total. The van der Waals surface area contributed by atoms with Gasteiger partial charge in [0.1, 0.15) is 0 Å². The standard InChI is InChI=1S/C22H29N5O/c1-6-26(20-10-8-7-9-16(20)4)12-11-23-22(28)19-13-18-14-24-27(15(2)3)21(18)25-17(19)5/h7-10,13-15H,6,11-12H2,1-5H3,(H,23,28). The first-order chi connectivity index (χ1) is 13.4. The van der Waals surface area contributed by atoms with E-state index in [0.717, 1.165) is 29.8 Å². The summed E-state index contributed by atoms with van der Waals surface area (Å²) >= 11 is 0. The minimum absolute atomic E-state index is 0.0926. The van der Waals surface area contributed by atoms with Crippen molar-refractivity contribution in [2.24, 2.45) is 0 Å². The number of nitrogens with zero attached hydrogens (tertiary/aromatic N) is 4. The average Bonchev–Trinajstić information content (AvgIpc) is 3.08. The predicted molar refractivity (Wildman–Crippen MR) is 114 cm³/mol. The Morgan fingerprint density at radius 3 is 2.68 bits per heavy atom. The lowest BCUT2D eigenvalue weighted by Crippen LogP contribution is -2.35. The van der Waals surface area contributed by atoms with Gasteiger partial charge in [-0.3, -0.25) is 4.79 Å². The first-order valence-electron chi connectivity index (χ1n) is 9.86. The molecule has 0 aliphatic rings. The summed E-state index contributed by atoms with van der Waals surface area (Å²) in [6.45, 7) is 12.5. The van der Waals surface area contributed by atoms with Gasteiger partial charge in [-0.1, -0.05) is 18.2 Å². The van der Waals surface area contributed by atoms with Crippen LogP contribution in [0.5, 0.6) is 0 Å². The molecule has 1 amide bonds. The molecule has 6 heteroatoms. The number of likely N-dealkylation sites (N-methyl/N-ethyl adjacent to an activating group) is 1. The van der Waals surface area contributed by atoms with Crippen LogP contribution in [0.15, 0.2) is 36.5 Å². The molecule has 0 radical (unpaired) electrons. The minimum atomic E-state index is -0.0926. The van der Waals surface area contributed by atoms with E-state index < -0.39 is 0 Å². The molecular formula is C22H29N5O. The lowest BCUT2D eigenvalue weighted by atomic mass is 10.1. The van der Waals surface area contributed by atoms with E-state index in [1.165, 1.54) is 11.3 Å². The maximum Gasteiger partial charge on any atom is 0.253 e. The molecule has 6 nitrogen and oxygen atoms in total. The highest BCUT2D eigenvalue weighted by molar-refractivity contribution is 5.98. The number of amides is 1. The molecule has 148 valence electrons. The van der Waals surface area contributed by atoms with E-state index in [0.29, 0.717) is 12.1 Å². The van der Waals surface area contributed by atoms with Gasteiger partial charge in [0.05, 0.1) is 17.5 Å². The number of hydrogen-bond acceptors (Lipinski definition) is 4. The second kappa shape index (κ2) is 8.42. The Kier molecular flexibility index (Phi) is 5.97. The van der Waals surface area contributed by atoms with Crippen molar-refractivity contribution in [1.29, 1.82) is 0 Å². The summed E-state index contributed by atoms with van der Waals surface area (Å²) in [5.41, 5.74) is 4.59. The van der Waals surface area contributed by atoms with Gasteiger partial charge in [0.15, 0.2) is 5.65 Å². The van der Waals surface area contributed by atoms with Crippen LogP contribution >= 0.6 is 0 Å². The molecule has 3 rings (SSSR count). The van der Waals surface area contributed by atoms with E-state index in [1.807, 2.05) is 29.8 Å². The highest BCUT2D eigenvalue weighted by Crippen LogP contribution is 2.20. The van der Waals surface area contributed by atoms with Gasteiger partial charge < -0.3 is 10.2 Å². The second-order valence-electron chi connectivity index (χ2n) is 7.34. The van der Waals surface area contributed by atoms with Crippen LogP contribution in [-0.2, 0) is 0 Å². The fraction of sp³-hybridized carbons (Fsp3) is 0.409. The van der Waals surface area contributed by atoms with Crippen molar-refractivity contribution < 1.29 is 4.79 Å². The van der Waals surface area contributed by atoms with Crippen molar-refractivity contribution in [3.8, 4) is 0 Å². The molecule has 3 aromatic rings. The molecule has 0 aliphatic carbocycles. The number of rotatable bonds is 7. The summed E-state index contributed by atoms with van der Waals surface area (Å²) < 4.78 is 1.88. The molecule has 0 aliphatic heterocycles. The molecule has 0 saturated carbocycles.